The molecule has 2 N–H and O–H groups in total. The molecule has 0 atom stereocenters. The minimum Gasteiger partial charge on any atom is -0.494 e. The number of hydrogen-bond donors (Lipinski definition) is 2. The number of rotatable bonds is 10. The standard InChI is InChI=1S/C37H50N9O2P/c1-8-26-22-31(33(48-5)23-32(26)46-15-11-28(12-16-46)45-19-17-44(4)18-20-45)42-37-40-24-27(21-25(2)3)36(43-37)41-30-10-9-29-34(39-14-13-38-29)35(30)49(6,7)47/h9-10,13-14,21-24,28H,8,11-12,15-20H2,1-7H3,(H2,40,41,42,43). The second kappa shape index (κ2) is 14.8. The number of piperazine rings is 1. The topological polar surface area (TPSA) is 112 Å². The summed E-state index contributed by atoms with van der Waals surface area (Å²) < 4.78 is 19.5. The number of ether oxygens (including phenoxy) is 1. The Bertz CT molecular complexity index is 1870. The monoisotopic (exact) mass is 683 g/mol. The minimum absolute atomic E-state index is 0.424. The molecule has 2 aliphatic heterocycles. The molecular weight excluding hydrogens is 633 g/mol. The number of benzene rings is 2. The number of methoxy groups -OCH3 is 1. The van der Waals surface area contributed by atoms with Gasteiger partial charge in [-0.3, -0.25) is 14.9 Å². The summed E-state index contributed by atoms with van der Waals surface area (Å²) in [5, 5.41) is 7.58. The van der Waals surface area contributed by atoms with Crippen LogP contribution in [0, 0.1) is 0 Å². The summed E-state index contributed by atoms with van der Waals surface area (Å²) in [4.78, 5) is 26.3. The zero-order valence-electron chi connectivity index (χ0n) is 30.0. The van der Waals surface area contributed by atoms with Gasteiger partial charge >= 0.3 is 0 Å². The smallest absolute Gasteiger partial charge is 0.229 e. The van der Waals surface area contributed by atoms with Crippen LogP contribution >= 0.6 is 7.14 Å². The summed E-state index contributed by atoms with van der Waals surface area (Å²) in [6.07, 6.45) is 10.3. The van der Waals surface area contributed by atoms with Crippen molar-refractivity contribution in [2.24, 2.45) is 0 Å². The van der Waals surface area contributed by atoms with Gasteiger partial charge in [0.2, 0.25) is 5.95 Å². The highest BCUT2D eigenvalue weighted by Gasteiger charge is 2.28. The largest absolute Gasteiger partial charge is 0.494 e. The molecular formula is C37H50N9O2P. The second-order valence-electron chi connectivity index (χ2n) is 13.8. The lowest BCUT2D eigenvalue weighted by Gasteiger charge is -2.43. The Labute approximate surface area is 290 Å². The molecule has 49 heavy (non-hydrogen) atoms. The number of likely N-dealkylation sites (N-methyl/N-ethyl adjacent to an activating group) is 1. The van der Waals surface area contributed by atoms with Gasteiger partial charge < -0.3 is 29.7 Å². The lowest BCUT2D eigenvalue weighted by molar-refractivity contribution is 0.0982. The number of nitrogens with one attached hydrogen (secondary N) is 2. The number of nitrogens with zero attached hydrogens (tertiary/aromatic N) is 7. The molecule has 0 aliphatic carbocycles. The van der Waals surface area contributed by atoms with Crippen molar-refractivity contribution in [3.8, 4) is 5.75 Å². The van der Waals surface area contributed by atoms with E-state index in [0.717, 1.165) is 55.2 Å². The molecule has 6 rings (SSSR count). The molecule has 0 amide bonds. The van der Waals surface area contributed by atoms with E-state index >= 15 is 0 Å². The number of aryl methyl sites for hydroxylation is 1. The third-order valence-electron chi connectivity index (χ3n) is 9.55. The molecule has 0 unspecified atom stereocenters. The summed E-state index contributed by atoms with van der Waals surface area (Å²) >= 11 is 0. The molecule has 12 heteroatoms. The fourth-order valence-corrected chi connectivity index (χ4v) is 8.39. The van der Waals surface area contributed by atoms with Gasteiger partial charge in [-0.25, -0.2) is 4.98 Å². The van der Waals surface area contributed by atoms with Crippen LogP contribution in [0.1, 0.15) is 44.7 Å². The highest BCUT2D eigenvalue weighted by atomic mass is 31.2. The number of aromatic nitrogens is 4. The van der Waals surface area contributed by atoms with E-state index in [1.54, 1.807) is 39.0 Å². The Balaban J connectivity index is 1.28. The molecule has 2 aromatic carbocycles. The van der Waals surface area contributed by atoms with E-state index in [9.17, 15) is 4.57 Å². The van der Waals surface area contributed by atoms with Crippen LogP contribution in [0.15, 0.2) is 48.4 Å². The van der Waals surface area contributed by atoms with Gasteiger partial charge in [0, 0.05) is 81.2 Å². The number of allylic oxidation sites excluding steroid dienone is 1. The summed E-state index contributed by atoms with van der Waals surface area (Å²) in [6.45, 7) is 16.5. The SMILES string of the molecule is CCc1cc(Nc2ncc(C=C(C)C)c(Nc3ccc4nccnc4c3P(C)(C)=O)n2)c(OC)cc1N1CCC(N2CCN(C)CC2)CC1. The maximum absolute atomic E-state index is 13.6. The van der Waals surface area contributed by atoms with Crippen molar-refractivity contribution in [1.82, 2.24) is 29.7 Å². The van der Waals surface area contributed by atoms with Gasteiger partial charge in [0.25, 0.3) is 0 Å². The summed E-state index contributed by atoms with van der Waals surface area (Å²) in [7, 11) is 1.16. The lowest BCUT2D eigenvalue weighted by atomic mass is 9.99. The molecule has 0 spiro atoms. The molecule has 0 radical (unpaired) electrons. The normalized spacial score (nSPS) is 16.5. The van der Waals surface area contributed by atoms with Crippen molar-refractivity contribution in [2.45, 2.75) is 46.1 Å². The van der Waals surface area contributed by atoms with Crippen LogP contribution in [0.5, 0.6) is 5.75 Å². The predicted octanol–water partition coefficient (Wildman–Crippen LogP) is 6.37. The third-order valence-corrected chi connectivity index (χ3v) is 11.1. The van der Waals surface area contributed by atoms with Gasteiger partial charge in [-0.15, -0.1) is 0 Å². The molecule has 260 valence electrons. The first kappa shape index (κ1) is 34.8. The molecule has 4 heterocycles. The molecule has 2 saturated heterocycles. The van der Waals surface area contributed by atoms with E-state index < -0.39 is 7.14 Å². The van der Waals surface area contributed by atoms with E-state index in [2.05, 4.69) is 61.4 Å². The minimum atomic E-state index is -2.76. The van der Waals surface area contributed by atoms with Crippen LogP contribution in [-0.4, -0.2) is 103 Å². The molecule has 0 saturated carbocycles. The van der Waals surface area contributed by atoms with E-state index in [4.69, 9.17) is 14.7 Å². The fourth-order valence-electron chi connectivity index (χ4n) is 7.00. The Morgan fingerprint density at radius 2 is 1.71 bits per heavy atom. The van der Waals surface area contributed by atoms with E-state index in [-0.39, 0.29) is 0 Å². The van der Waals surface area contributed by atoms with Gasteiger partial charge in [-0.2, -0.15) is 4.98 Å². The van der Waals surface area contributed by atoms with Crippen molar-refractivity contribution in [2.75, 3.05) is 82.3 Å². The van der Waals surface area contributed by atoms with Crippen LogP contribution in [0.3, 0.4) is 0 Å². The first-order valence-corrected chi connectivity index (χ1v) is 19.9. The van der Waals surface area contributed by atoms with Crippen molar-refractivity contribution in [3.05, 3.63) is 59.6 Å². The summed E-state index contributed by atoms with van der Waals surface area (Å²) in [6, 6.07) is 8.78. The Hall–Kier alpha value is -4.05. The van der Waals surface area contributed by atoms with Gasteiger partial charge in [0.1, 0.15) is 24.2 Å². The molecule has 0 bridgehead atoms. The highest BCUT2D eigenvalue weighted by molar-refractivity contribution is 7.71. The van der Waals surface area contributed by atoms with E-state index in [0.29, 0.717) is 39.8 Å². The Kier molecular flexibility index (Phi) is 10.5. The Morgan fingerprint density at radius 1 is 0.980 bits per heavy atom. The van der Waals surface area contributed by atoms with E-state index in [1.807, 2.05) is 32.1 Å². The number of anilines is 5. The average Bonchev–Trinajstić information content (AvgIpc) is 3.08. The van der Waals surface area contributed by atoms with Crippen molar-refractivity contribution >= 4 is 58.4 Å². The van der Waals surface area contributed by atoms with Gasteiger partial charge in [-0.05, 0) is 77.2 Å². The second-order valence-corrected chi connectivity index (χ2v) is 16.9. The Morgan fingerprint density at radius 3 is 2.39 bits per heavy atom. The molecule has 2 aromatic heterocycles. The molecule has 2 fully saturated rings. The maximum Gasteiger partial charge on any atom is 0.229 e. The number of hydrogen-bond acceptors (Lipinski definition) is 11. The predicted molar refractivity (Wildman–Crippen MR) is 203 cm³/mol. The van der Waals surface area contributed by atoms with Crippen LogP contribution in [0.4, 0.5) is 28.8 Å². The zero-order valence-corrected chi connectivity index (χ0v) is 30.8. The van der Waals surface area contributed by atoms with Crippen molar-refractivity contribution in [3.63, 3.8) is 0 Å². The van der Waals surface area contributed by atoms with Gasteiger partial charge in [0.15, 0.2) is 0 Å². The first-order chi connectivity index (χ1) is 23.5. The third kappa shape index (κ3) is 7.90. The van der Waals surface area contributed by atoms with Crippen molar-refractivity contribution in [1.29, 1.82) is 0 Å². The number of piperidine rings is 1. The average molecular weight is 684 g/mol. The first-order valence-electron chi connectivity index (χ1n) is 17.3. The number of fused-ring (bicyclic) bond motifs is 1. The fraction of sp³-hybridized carbons (Fsp3) is 0.459. The zero-order chi connectivity index (χ0) is 34.7. The molecule has 4 aromatic rings. The quantitative estimate of drug-likeness (QED) is 0.182. The highest BCUT2D eigenvalue weighted by Crippen LogP contribution is 2.41. The van der Waals surface area contributed by atoms with Gasteiger partial charge in [-0.1, -0.05) is 18.6 Å². The lowest BCUT2D eigenvalue weighted by Crippen LogP contribution is -2.52. The van der Waals surface area contributed by atoms with Crippen molar-refractivity contribution < 1.29 is 9.30 Å². The van der Waals surface area contributed by atoms with E-state index in [1.165, 1.54) is 37.2 Å². The maximum atomic E-state index is 13.6. The molecule has 2 aliphatic rings. The van der Waals surface area contributed by atoms with Gasteiger partial charge in [0.05, 0.1) is 29.3 Å². The van der Waals surface area contributed by atoms with Crippen LogP contribution in [0.2, 0.25) is 0 Å². The summed E-state index contributed by atoms with van der Waals surface area (Å²) in [5.74, 6) is 1.76. The van der Waals surface area contributed by atoms with Crippen LogP contribution in [0.25, 0.3) is 17.1 Å². The van der Waals surface area contributed by atoms with Crippen LogP contribution in [-0.2, 0) is 11.0 Å². The van der Waals surface area contributed by atoms with Crippen LogP contribution < -0.4 is 25.6 Å². The molecule has 11 nitrogen and oxygen atoms in total. The summed E-state index contributed by atoms with van der Waals surface area (Å²) in [5.41, 5.74) is 7.22.